The number of nitrogens with zero attached hydrogens (tertiary/aromatic N) is 2. The molecule has 0 bridgehead atoms. The van der Waals surface area contributed by atoms with Gasteiger partial charge < -0.3 is 10.2 Å². The lowest BCUT2D eigenvalue weighted by Gasteiger charge is -2.31. The number of carbonyl (C=O) groups excluding carboxylic acids is 1. The highest BCUT2D eigenvalue weighted by molar-refractivity contribution is 7.89. The Hall–Kier alpha value is -1.81. The molecule has 0 unspecified atom stereocenters. The minimum absolute atomic E-state index is 0.0350. The summed E-state index contributed by atoms with van der Waals surface area (Å²) in [5, 5.41) is 5.05. The van der Waals surface area contributed by atoms with Gasteiger partial charge in [0.05, 0.1) is 10.9 Å². The van der Waals surface area contributed by atoms with Crippen LogP contribution in [0.1, 0.15) is 23.8 Å². The maximum absolute atomic E-state index is 13.1. The molecule has 0 spiro atoms. The van der Waals surface area contributed by atoms with E-state index in [1.54, 1.807) is 11.3 Å². The van der Waals surface area contributed by atoms with Crippen LogP contribution in [0.15, 0.2) is 46.7 Å². The summed E-state index contributed by atoms with van der Waals surface area (Å²) in [7, 11) is 0.298. The SMILES string of the molecule is CN(C)[C@H](CNC(=O)C1CCN(S(=O)(=O)c2ccc(F)cc2)CC1)c1cccs1. The van der Waals surface area contributed by atoms with Crippen molar-refractivity contribution in [2.45, 2.75) is 23.8 Å². The molecule has 9 heteroatoms. The highest BCUT2D eigenvalue weighted by Gasteiger charge is 2.32. The molecule has 1 amide bonds. The second-order valence-corrected chi connectivity index (χ2v) is 10.3. The highest BCUT2D eigenvalue weighted by atomic mass is 32.2. The predicted octanol–water partition coefficient (Wildman–Crippen LogP) is 2.71. The topological polar surface area (TPSA) is 69.7 Å². The molecule has 1 atom stereocenters. The number of piperidine rings is 1. The number of nitrogens with one attached hydrogen (secondary N) is 1. The van der Waals surface area contributed by atoms with Crippen LogP contribution < -0.4 is 5.32 Å². The third-order valence-electron chi connectivity index (χ3n) is 5.24. The molecule has 0 aliphatic carbocycles. The van der Waals surface area contributed by atoms with Crippen molar-refractivity contribution in [1.29, 1.82) is 0 Å². The maximum atomic E-state index is 13.1. The van der Waals surface area contributed by atoms with Gasteiger partial charge in [0.15, 0.2) is 0 Å². The monoisotopic (exact) mass is 439 g/mol. The Balaban J connectivity index is 1.54. The van der Waals surface area contributed by atoms with E-state index < -0.39 is 15.8 Å². The molecule has 1 aromatic heterocycles. The average Bonchev–Trinajstić information content (AvgIpc) is 3.22. The van der Waals surface area contributed by atoms with Crippen LogP contribution in [-0.2, 0) is 14.8 Å². The first-order valence-corrected chi connectivity index (χ1v) is 11.8. The van der Waals surface area contributed by atoms with Crippen LogP contribution in [0.2, 0.25) is 0 Å². The molecule has 158 valence electrons. The van der Waals surface area contributed by atoms with Crippen molar-refractivity contribution in [3.63, 3.8) is 0 Å². The quantitative estimate of drug-likeness (QED) is 0.720. The summed E-state index contributed by atoms with van der Waals surface area (Å²) >= 11 is 1.66. The van der Waals surface area contributed by atoms with Crippen molar-refractivity contribution in [3.05, 3.63) is 52.5 Å². The fraction of sp³-hybridized carbons (Fsp3) is 0.450. The number of amides is 1. The number of rotatable bonds is 7. The van der Waals surface area contributed by atoms with Gasteiger partial charge in [-0.15, -0.1) is 11.3 Å². The number of hydrogen-bond donors (Lipinski definition) is 1. The van der Waals surface area contributed by atoms with Gasteiger partial charge in [0.2, 0.25) is 15.9 Å². The molecule has 1 aromatic carbocycles. The van der Waals surface area contributed by atoms with Crippen molar-refractivity contribution < 1.29 is 17.6 Å². The number of thiophene rings is 1. The molecule has 29 heavy (non-hydrogen) atoms. The van der Waals surface area contributed by atoms with Crippen LogP contribution in [0.3, 0.4) is 0 Å². The lowest BCUT2D eigenvalue weighted by atomic mass is 9.97. The molecule has 6 nitrogen and oxygen atoms in total. The summed E-state index contributed by atoms with van der Waals surface area (Å²) in [5.41, 5.74) is 0. The summed E-state index contributed by atoms with van der Waals surface area (Å²) in [5.74, 6) is -0.717. The van der Waals surface area contributed by atoms with E-state index in [9.17, 15) is 17.6 Å². The Kier molecular flexibility index (Phi) is 7.05. The first-order chi connectivity index (χ1) is 13.8. The van der Waals surface area contributed by atoms with E-state index in [4.69, 9.17) is 0 Å². The van der Waals surface area contributed by atoms with E-state index in [1.165, 1.54) is 21.3 Å². The third kappa shape index (κ3) is 5.22. The summed E-state index contributed by atoms with van der Waals surface area (Å²) < 4.78 is 39.8. The average molecular weight is 440 g/mol. The molecule has 3 rings (SSSR count). The predicted molar refractivity (Wildman–Crippen MR) is 112 cm³/mol. The van der Waals surface area contributed by atoms with Crippen molar-refractivity contribution in [2.24, 2.45) is 5.92 Å². The van der Waals surface area contributed by atoms with Gasteiger partial charge in [-0.25, -0.2) is 12.8 Å². The number of benzene rings is 1. The number of carbonyl (C=O) groups is 1. The molecule has 1 aliphatic heterocycles. The zero-order valence-electron chi connectivity index (χ0n) is 16.5. The van der Waals surface area contributed by atoms with Gasteiger partial charge in [-0.1, -0.05) is 6.07 Å². The van der Waals surface area contributed by atoms with Crippen molar-refractivity contribution in [1.82, 2.24) is 14.5 Å². The van der Waals surface area contributed by atoms with Crippen LogP contribution in [0.4, 0.5) is 4.39 Å². The van der Waals surface area contributed by atoms with E-state index in [1.807, 2.05) is 25.5 Å². The standard InChI is InChI=1S/C20H26FN3O3S2/c1-23(2)18(19-4-3-13-28-19)14-22-20(25)15-9-11-24(12-10-15)29(26,27)17-7-5-16(21)6-8-17/h3-8,13,15,18H,9-12,14H2,1-2H3,(H,22,25)/t18-/m1/s1. The second-order valence-electron chi connectivity index (χ2n) is 7.37. The molecule has 1 N–H and O–H groups in total. The lowest BCUT2D eigenvalue weighted by molar-refractivity contribution is -0.126. The van der Waals surface area contributed by atoms with Crippen LogP contribution in [0.25, 0.3) is 0 Å². The molecule has 0 saturated carbocycles. The van der Waals surface area contributed by atoms with E-state index in [0.717, 1.165) is 12.1 Å². The van der Waals surface area contributed by atoms with Crippen molar-refractivity contribution >= 4 is 27.3 Å². The van der Waals surface area contributed by atoms with Gasteiger partial charge in [-0.3, -0.25) is 4.79 Å². The first kappa shape index (κ1) is 21.9. The maximum Gasteiger partial charge on any atom is 0.243 e. The second kappa shape index (κ2) is 9.34. The van der Waals surface area contributed by atoms with E-state index in [-0.39, 0.29) is 35.9 Å². The smallest absolute Gasteiger partial charge is 0.243 e. The summed E-state index contributed by atoms with van der Waals surface area (Å²) in [6.45, 7) is 1.07. The lowest BCUT2D eigenvalue weighted by Crippen LogP contribution is -2.44. The van der Waals surface area contributed by atoms with Crippen LogP contribution >= 0.6 is 11.3 Å². The van der Waals surface area contributed by atoms with Crippen LogP contribution in [0.5, 0.6) is 0 Å². The Labute approximate surface area is 175 Å². The summed E-state index contributed by atoms with van der Waals surface area (Å²) in [6, 6.07) is 8.99. The minimum atomic E-state index is -3.66. The minimum Gasteiger partial charge on any atom is -0.354 e. The van der Waals surface area contributed by atoms with Gasteiger partial charge in [-0.05, 0) is 62.6 Å². The molecule has 0 radical (unpaired) electrons. The Morgan fingerprint density at radius 3 is 2.45 bits per heavy atom. The van der Waals surface area contributed by atoms with Crippen LogP contribution in [-0.4, -0.2) is 57.3 Å². The zero-order valence-corrected chi connectivity index (χ0v) is 18.2. The molecule has 2 aromatic rings. The zero-order chi connectivity index (χ0) is 21.0. The van der Waals surface area contributed by atoms with Crippen molar-refractivity contribution in [3.8, 4) is 0 Å². The fourth-order valence-electron chi connectivity index (χ4n) is 3.47. The summed E-state index contributed by atoms with van der Waals surface area (Å²) in [4.78, 5) is 16.0. The van der Waals surface area contributed by atoms with Gasteiger partial charge in [0, 0.05) is 30.4 Å². The molecule has 1 fully saturated rings. The van der Waals surface area contributed by atoms with Crippen LogP contribution in [0, 0.1) is 11.7 Å². The van der Waals surface area contributed by atoms with Gasteiger partial charge in [0.1, 0.15) is 5.82 Å². The number of likely N-dealkylation sites (N-methyl/N-ethyl adjacent to an activating group) is 1. The third-order valence-corrected chi connectivity index (χ3v) is 8.13. The van der Waals surface area contributed by atoms with Gasteiger partial charge in [-0.2, -0.15) is 4.31 Å². The number of hydrogen-bond acceptors (Lipinski definition) is 5. The van der Waals surface area contributed by atoms with E-state index in [2.05, 4.69) is 16.3 Å². The molecule has 1 saturated heterocycles. The molecule has 1 aliphatic rings. The van der Waals surface area contributed by atoms with Gasteiger partial charge >= 0.3 is 0 Å². The van der Waals surface area contributed by atoms with E-state index >= 15 is 0 Å². The Morgan fingerprint density at radius 1 is 1.24 bits per heavy atom. The fourth-order valence-corrected chi connectivity index (χ4v) is 5.87. The highest BCUT2D eigenvalue weighted by Crippen LogP contribution is 2.25. The van der Waals surface area contributed by atoms with Gasteiger partial charge in [0.25, 0.3) is 0 Å². The molecule has 2 heterocycles. The molecular formula is C20H26FN3O3S2. The first-order valence-electron chi connectivity index (χ1n) is 9.52. The Morgan fingerprint density at radius 2 is 1.90 bits per heavy atom. The number of halogens is 1. The van der Waals surface area contributed by atoms with E-state index in [0.29, 0.717) is 19.4 Å². The Bertz CT molecular complexity index is 907. The largest absolute Gasteiger partial charge is 0.354 e. The molecular weight excluding hydrogens is 413 g/mol. The number of sulfonamides is 1. The van der Waals surface area contributed by atoms with Crippen molar-refractivity contribution in [2.75, 3.05) is 33.7 Å². The summed E-state index contributed by atoms with van der Waals surface area (Å²) in [6.07, 6.45) is 0.940. The normalized spacial score (nSPS) is 17.4.